The van der Waals surface area contributed by atoms with Gasteiger partial charge in [0.25, 0.3) is 0 Å². The zero-order valence-corrected chi connectivity index (χ0v) is 10.4. The fourth-order valence-electron chi connectivity index (χ4n) is 1.83. The van der Waals surface area contributed by atoms with Gasteiger partial charge in [-0.1, -0.05) is 12.1 Å². The van der Waals surface area contributed by atoms with Gasteiger partial charge in [0.15, 0.2) is 11.6 Å². The van der Waals surface area contributed by atoms with Gasteiger partial charge in [0, 0.05) is 17.1 Å². The van der Waals surface area contributed by atoms with Crippen LogP contribution < -0.4 is 5.73 Å². The molecule has 2 N–H and O–H groups in total. The zero-order chi connectivity index (χ0) is 12.4. The molecule has 2 atom stereocenters. The van der Waals surface area contributed by atoms with Crippen molar-refractivity contribution in [3.63, 3.8) is 0 Å². The van der Waals surface area contributed by atoms with Gasteiger partial charge in [0.05, 0.1) is 18.8 Å². The van der Waals surface area contributed by atoms with E-state index in [2.05, 4.69) is 0 Å². The molecule has 0 radical (unpaired) electrons. The normalized spacial score (nSPS) is 22.5. The Kier molecular flexibility index (Phi) is 4.01. The van der Waals surface area contributed by atoms with Crippen molar-refractivity contribution in [1.29, 1.82) is 0 Å². The van der Waals surface area contributed by atoms with Gasteiger partial charge < -0.3 is 10.5 Å². The first kappa shape index (κ1) is 12.8. The Morgan fingerprint density at radius 3 is 2.82 bits per heavy atom. The lowest BCUT2D eigenvalue weighted by Gasteiger charge is -2.28. The number of halogens is 2. The van der Waals surface area contributed by atoms with E-state index in [9.17, 15) is 8.78 Å². The highest BCUT2D eigenvalue weighted by Crippen LogP contribution is 2.27. The molecule has 1 heterocycles. The smallest absolute Gasteiger partial charge is 0.163 e. The molecule has 2 nitrogen and oxygen atoms in total. The van der Waals surface area contributed by atoms with Gasteiger partial charge in [0.1, 0.15) is 0 Å². The molecule has 1 aliphatic heterocycles. The molecule has 1 aliphatic rings. The van der Waals surface area contributed by atoms with Gasteiger partial charge in [-0.3, -0.25) is 0 Å². The molecule has 2 rings (SSSR count). The van der Waals surface area contributed by atoms with E-state index in [4.69, 9.17) is 10.5 Å². The molecule has 5 heteroatoms. The molecule has 2 unspecified atom stereocenters. The van der Waals surface area contributed by atoms with Gasteiger partial charge >= 0.3 is 0 Å². The second kappa shape index (κ2) is 5.33. The summed E-state index contributed by atoms with van der Waals surface area (Å²) in [4.78, 5) is 0. The Morgan fingerprint density at radius 1 is 1.41 bits per heavy atom. The minimum atomic E-state index is -0.850. The van der Waals surface area contributed by atoms with E-state index in [1.807, 2.05) is 0 Å². The molecular formula is C12H15F2NOS. The first-order valence-electron chi connectivity index (χ1n) is 5.50. The zero-order valence-electron chi connectivity index (χ0n) is 9.58. The SMILES string of the molecule is Cc1ccc(C(N)C2CSCCO2)c(F)c1F. The third-order valence-corrected chi connectivity index (χ3v) is 3.93. The molecule has 0 amide bonds. The molecule has 0 bridgehead atoms. The first-order valence-corrected chi connectivity index (χ1v) is 6.66. The fourth-order valence-corrected chi connectivity index (χ4v) is 2.75. The summed E-state index contributed by atoms with van der Waals surface area (Å²) in [6, 6.07) is 2.47. The average molecular weight is 259 g/mol. The van der Waals surface area contributed by atoms with E-state index in [0.29, 0.717) is 6.61 Å². The maximum absolute atomic E-state index is 13.8. The molecular weight excluding hydrogens is 244 g/mol. The van der Waals surface area contributed by atoms with E-state index < -0.39 is 17.7 Å². The lowest BCUT2D eigenvalue weighted by Crippen LogP contribution is -2.35. The lowest BCUT2D eigenvalue weighted by atomic mass is 10.0. The third kappa shape index (κ3) is 2.61. The first-order chi connectivity index (χ1) is 8.11. The van der Waals surface area contributed by atoms with Crippen LogP contribution in [0.2, 0.25) is 0 Å². The Morgan fingerprint density at radius 2 is 2.18 bits per heavy atom. The summed E-state index contributed by atoms with van der Waals surface area (Å²) in [5, 5.41) is 0. The van der Waals surface area contributed by atoms with Crippen LogP contribution in [0.4, 0.5) is 8.78 Å². The number of thioether (sulfide) groups is 1. The maximum Gasteiger partial charge on any atom is 0.163 e. The number of hydrogen-bond donors (Lipinski definition) is 1. The predicted octanol–water partition coefficient (Wildman–Crippen LogP) is 2.41. The third-order valence-electron chi connectivity index (χ3n) is 2.91. The number of rotatable bonds is 2. The van der Waals surface area contributed by atoms with Crippen molar-refractivity contribution in [1.82, 2.24) is 0 Å². The van der Waals surface area contributed by atoms with Crippen molar-refractivity contribution >= 4 is 11.8 Å². The van der Waals surface area contributed by atoms with Crippen LogP contribution in [0.25, 0.3) is 0 Å². The van der Waals surface area contributed by atoms with E-state index in [-0.39, 0.29) is 17.2 Å². The lowest BCUT2D eigenvalue weighted by molar-refractivity contribution is 0.0559. The number of hydrogen-bond acceptors (Lipinski definition) is 3. The largest absolute Gasteiger partial charge is 0.375 e. The van der Waals surface area contributed by atoms with Crippen molar-refractivity contribution in [2.45, 2.75) is 19.1 Å². The Bertz CT molecular complexity index is 408. The monoisotopic (exact) mass is 259 g/mol. The quantitative estimate of drug-likeness (QED) is 0.886. The number of aryl methyl sites for hydroxylation is 1. The summed E-state index contributed by atoms with van der Waals surface area (Å²) >= 11 is 1.72. The Labute approximate surface area is 104 Å². The fraction of sp³-hybridized carbons (Fsp3) is 0.500. The topological polar surface area (TPSA) is 35.2 Å². The standard InChI is InChI=1S/C12H15F2NOS/c1-7-2-3-8(11(14)10(7)13)12(15)9-6-17-5-4-16-9/h2-3,9,12H,4-6,15H2,1H3. The van der Waals surface area contributed by atoms with Crippen molar-refractivity contribution in [2.75, 3.05) is 18.1 Å². The van der Waals surface area contributed by atoms with Crippen molar-refractivity contribution < 1.29 is 13.5 Å². The molecule has 0 saturated carbocycles. The second-order valence-electron chi connectivity index (χ2n) is 4.11. The minimum Gasteiger partial charge on any atom is -0.375 e. The van der Waals surface area contributed by atoms with Crippen molar-refractivity contribution in [3.05, 3.63) is 34.9 Å². The molecule has 1 aromatic rings. The van der Waals surface area contributed by atoms with Crippen molar-refractivity contribution in [2.24, 2.45) is 5.73 Å². The van der Waals surface area contributed by atoms with E-state index in [0.717, 1.165) is 11.5 Å². The molecule has 17 heavy (non-hydrogen) atoms. The van der Waals surface area contributed by atoms with Crippen LogP contribution in [0.3, 0.4) is 0 Å². The maximum atomic E-state index is 13.8. The van der Waals surface area contributed by atoms with Gasteiger partial charge in [-0.15, -0.1) is 0 Å². The molecule has 94 valence electrons. The molecule has 0 spiro atoms. The summed E-state index contributed by atoms with van der Waals surface area (Å²) < 4.78 is 32.7. The summed E-state index contributed by atoms with van der Waals surface area (Å²) in [7, 11) is 0. The van der Waals surface area contributed by atoms with Crippen LogP contribution in [-0.4, -0.2) is 24.2 Å². The van der Waals surface area contributed by atoms with Crippen LogP contribution in [0.1, 0.15) is 17.2 Å². The summed E-state index contributed by atoms with van der Waals surface area (Å²) in [6.45, 7) is 2.14. The van der Waals surface area contributed by atoms with Gasteiger partial charge in [-0.2, -0.15) is 11.8 Å². The predicted molar refractivity (Wildman–Crippen MR) is 65.1 cm³/mol. The van der Waals surface area contributed by atoms with Crippen LogP contribution >= 0.6 is 11.8 Å². The molecule has 1 aromatic carbocycles. The van der Waals surface area contributed by atoms with Crippen LogP contribution in [-0.2, 0) is 4.74 Å². The van der Waals surface area contributed by atoms with Crippen LogP contribution in [0.5, 0.6) is 0 Å². The molecule has 1 saturated heterocycles. The minimum absolute atomic E-state index is 0.195. The number of benzene rings is 1. The van der Waals surface area contributed by atoms with Gasteiger partial charge in [-0.05, 0) is 12.5 Å². The van der Waals surface area contributed by atoms with E-state index in [1.54, 1.807) is 23.9 Å². The number of ether oxygens (including phenoxy) is 1. The Balaban J connectivity index is 2.24. The molecule has 1 fully saturated rings. The highest BCUT2D eigenvalue weighted by atomic mass is 32.2. The molecule has 0 aliphatic carbocycles. The van der Waals surface area contributed by atoms with Crippen molar-refractivity contribution in [3.8, 4) is 0 Å². The summed E-state index contributed by atoms with van der Waals surface area (Å²) in [5.74, 6) is -0.0255. The van der Waals surface area contributed by atoms with Crippen LogP contribution in [0.15, 0.2) is 12.1 Å². The summed E-state index contributed by atoms with van der Waals surface area (Å²) in [5.41, 5.74) is 6.43. The summed E-state index contributed by atoms with van der Waals surface area (Å²) in [6.07, 6.45) is -0.245. The van der Waals surface area contributed by atoms with Gasteiger partial charge in [-0.25, -0.2) is 8.78 Å². The highest BCUT2D eigenvalue weighted by molar-refractivity contribution is 7.99. The van der Waals surface area contributed by atoms with E-state index in [1.165, 1.54) is 6.92 Å². The Hall–Kier alpha value is -0.650. The molecule has 0 aromatic heterocycles. The average Bonchev–Trinajstić information content (AvgIpc) is 2.36. The highest BCUT2D eigenvalue weighted by Gasteiger charge is 2.26. The second-order valence-corrected chi connectivity index (χ2v) is 5.26. The number of nitrogens with two attached hydrogens (primary N) is 1. The van der Waals surface area contributed by atoms with Crippen LogP contribution in [0, 0.1) is 18.6 Å². The van der Waals surface area contributed by atoms with E-state index >= 15 is 0 Å². The van der Waals surface area contributed by atoms with Gasteiger partial charge in [0.2, 0.25) is 0 Å².